The van der Waals surface area contributed by atoms with E-state index in [0.29, 0.717) is 21.7 Å². The lowest BCUT2D eigenvalue weighted by atomic mass is 9.62. The largest absolute Gasteiger partial charge is 0.0599 e. The molecule has 6 rings (SSSR count). The Kier molecular flexibility index (Phi) is 9.13. The Labute approximate surface area is 276 Å². The molecular weight excluding hydrogens is 528 g/mol. The Morgan fingerprint density at radius 1 is 0.295 bits per heavy atom. The summed E-state index contributed by atoms with van der Waals surface area (Å²) < 4.78 is 0. The molecular formula is C44H78. The van der Waals surface area contributed by atoms with Crippen LogP contribution in [0.25, 0.3) is 0 Å². The monoisotopic (exact) mass is 607 g/mol. The van der Waals surface area contributed by atoms with Crippen molar-refractivity contribution in [3.8, 4) is 0 Å². The fourth-order valence-electron chi connectivity index (χ4n) is 14.0. The van der Waals surface area contributed by atoms with Crippen LogP contribution in [0.15, 0.2) is 0 Å². The molecule has 12 atom stereocenters. The Balaban J connectivity index is 1.27. The van der Waals surface area contributed by atoms with Crippen LogP contribution in [0.5, 0.6) is 0 Å². The highest BCUT2D eigenvalue weighted by atomic mass is 14.6. The first-order valence-electron chi connectivity index (χ1n) is 20.3. The van der Waals surface area contributed by atoms with Gasteiger partial charge in [0.25, 0.3) is 0 Å². The third-order valence-corrected chi connectivity index (χ3v) is 16.9. The second kappa shape index (κ2) is 11.9. The van der Waals surface area contributed by atoms with E-state index in [1.165, 1.54) is 25.7 Å². The van der Waals surface area contributed by atoms with E-state index in [-0.39, 0.29) is 0 Å². The van der Waals surface area contributed by atoms with Gasteiger partial charge in [-0.3, -0.25) is 0 Å². The minimum absolute atomic E-state index is 0.483. The Morgan fingerprint density at radius 2 is 0.500 bits per heavy atom. The molecule has 0 N–H and O–H groups in total. The average molecular weight is 607 g/mol. The lowest BCUT2D eigenvalue weighted by molar-refractivity contribution is 0.0685. The highest BCUT2D eigenvalue weighted by molar-refractivity contribution is 5.07. The van der Waals surface area contributed by atoms with E-state index in [4.69, 9.17) is 0 Å². The smallest absolute Gasteiger partial charge is 0.0349 e. The number of fused-ring (bicyclic) bond motifs is 6. The van der Waals surface area contributed by atoms with Gasteiger partial charge in [0.2, 0.25) is 0 Å². The summed E-state index contributed by atoms with van der Waals surface area (Å²) in [5.74, 6) is 14.3. The second-order valence-electron chi connectivity index (χ2n) is 22.7. The molecule has 0 nitrogen and oxygen atoms in total. The van der Waals surface area contributed by atoms with Crippen LogP contribution in [-0.4, -0.2) is 0 Å². The van der Waals surface area contributed by atoms with Crippen LogP contribution in [0.1, 0.15) is 173 Å². The Hall–Kier alpha value is 0. The van der Waals surface area contributed by atoms with Crippen LogP contribution in [0.2, 0.25) is 0 Å². The summed E-state index contributed by atoms with van der Waals surface area (Å²) in [4.78, 5) is 0. The molecule has 0 bridgehead atoms. The van der Waals surface area contributed by atoms with Gasteiger partial charge in [0.15, 0.2) is 0 Å². The molecule has 0 aromatic heterocycles. The van der Waals surface area contributed by atoms with Crippen molar-refractivity contribution in [2.75, 3.05) is 0 Å². The summed E-state index contributed by atoms with van der Waals surface area (Å²) in [5.41, 5.74) is 1.93. The predicted octanol–water partition coefficient (Wildman–Crippen LogP) is 13.3. The van der Waals surface area contributed by atoms with E-state index in [2.05, 4.69) is 83.1 Å². The van der Waals surface area contributed by atoms with Crippen molar-refractivity contribution in [3.05, 3.63) is 0 Å². The summed E-state index contributed by atoms with van der Waals surface area (Å²) in [5, 5.41) is 0. The van der Waals surface area contributed by atoms with Crippen LogP contribution in [0, 0.1) is 105 Å². The van der Waals surface area contributed by atoms with Crippen molar-refractivity contribution in [1.29, 1.82) is 0 Å². The van der Waals surface area contributed by atoms with E-state index >= 15 is 0 Å². The lowest BCUT2D eigenvalue weighted by Gasteiger charge is -2.43. The van der Waals surface area contributed by atoms with Gasteiger partial charge in [-0.25, -0.2) is 0 Å². The van der Waals surface area contributed by atoms with Crippen molar-refractivity contribution in [1.82, 2.24) is 0 Å². The molecule has 0 aromatic carbocycles. The van der Waals surface area contributed by atoms with E-state index in [1.807, 2.05) is 0 Å². The average Bonchev–Trinajstić information content (AvgIpc) is 3.40. The molecule has 6 aliphatic carbocycles. The molecule has 44 heavy (non-hydrogen) atoms. The van der Waals surface area contributed by atoms with E-state index in [0.717, 1.165) is 82.9 Å². The molecule has 0 radical (unpaired) electrons. The summed E-state index contributed by atoms with van der Waals surface area (Å²) in [6, 6.07) is 0. The summed E-state index contributed by atoms with van der Waals surface area (Å²) in [6.07, 6.45) is 21.7. The first kappa shape index (κ1) is 33.9. The van der Waals surface area contributed by atoms with Gasteiger partial charge in [-0.2, -0.15) is 0 Å². The topological polar surface area (TPSA) is 0 Å². The maximum absolute atomic E-state index is 2.56. The summed E-state index contributed by atoms with van der Waals surface area (Å²) in [7, 11) is 0. The molecule has 6 aliphatic rings. The zero-order valence-electron chi connectivity index (χ0n) is 32.0. The minimum atomic E-state index is 0.483. The van der Waals surface area contributed by atoms with E-state index in [1.54, 1.807) is 64.2 Å². The molecule has 254 valence electrons. The quantitative estimate of drug-likeness (QED) is 0.300. The van der Waals surface area contributed by atoms with Gasteiger partial charge in [0, 0.05) is 0 Å². The van der Waals surface area contributed by atoms with Gasteiger partial charge in [-0.05, 0) is 194 Å². The van der Waals surface area contributed by atoms with Gasteiger partial charge in [-0.1, -0.05) is 83.1 Å². The Bertz CT molecular complexity index is 817. The van der Waals surface area contributed by atoms with Gasteiger partial charge >= 0.3 is 0 Å². The standard InChI is InChI=1S/C44H78/c1-41(2,3)27-13-17-31-32-18-14-28(42(4,5)6)24-38(32)35(37(31)23-27)21-22-36-39-25-29(43(7,8)9)15-19-33(39)34-20-16-30(26-40(34)36)44(10,11)12/h27-40H,13-26H2,1-12H3. The molecule has 0 heterocycles. The molecule has 12 unspecified atom stereocenters. The van der Waals surface area contributed by atoms with Crippen LogP contribution in [0.3, 0.4) is 0 Å². The zero-order valence-corrected chi connectivity index (χ0v) is 32.0. The third kappa shape index (κ3) is 6.40. The number of rotatable bonds is 3. The molecule has 0 heteroatoms. The van der Waals surface area contributed by atoms with Crippen molar-refractivity contribution < 1.29 is 0 Å². The van der Waals surface area contributed by atoms with Gasteiger partial charge in [0.05, 0.1) is 0 Å². The van der Waals surface area contributed by atoms with Crippen molar-refractivity contribution >= 4 is 0 Å². The highest BCUT2D eigenvalue weighted by Crippen LogP contribution is 2.66. The minimum Gasteiger partial charge on any atom is -0.0599 e. The molecule has 6 saturated carbocycles. The second-order valence-corrected chi connectivity index (χ2v) is 22.7. The molecule has 0 aliphatic heterocycles. The van der Waals surface area contributed by atoms with Gasteiger partial charge in [-0.15, -0.1) is 0 Å². The predicted molar refractivity (Wildman–Crippen MR) is 191 cm³/mol. The van der Waals surface area contributed by atoms with Crippen molar-refractivity contribution in [2.24, 2.45) is 105 Å². The van der Waals surface area contributed by atoms with Crippen LogP contribution in [-0.2, 0) is 0 Å². The first-order chi connectivity index (χ1) is 20.3. The van der Waals surface area contributed by atoms with E-state index in [9.17, 15) is 0 Å². The summed E-state index contributed by atoms with van der Waals surface area (Å²) in [6.45, 7) is 30.7. The first-order valence-corrected chi connectivity index (χ1v) is 20.3. The highest BCUT2D eigenvalue weighted by Gasteiger charge is 2.58. The van der Waals surface area contributed by atoms with Crippen molar-refractivity contribution in [3.63, 3.8) is 0 Å². The molecule has 0 amide bonds. The Morgan fingerprint density at radius 3 is 0.682 bits per heavy atom. The maximum atomic E-state index is 2.56. The molecule has 0 aromatic rings. The number of hydrogen-bond donors (Lipinski definition) is 0. The van der Waals surface area contributed by atoms with Gasteiger partial charge < -0.3 is 0 Å². The summed E-state index contributed by atoms with van der Waals surface area (Å²) >= 11 is 0. The van der Waals surface area contributed by atoms with Crippen LogP contribution in [0.4, 0.5) is 0 Å². The maximum Gasteiger partial charge on any atom is -0.0349 e. The molecule has 6 fully saturated rings. The molecule has 0 saturated heterocycles. The van der Waals surface area contributed by atoms with Crippen LogP contribution < -0.4 is 0 Å². The van der Waals surface area contributed by atoms with E-state index < -0.39 is 0 Å². The zero-order chi connectivity index (χ0) is 32.0. The number of hydrogen-bond acceptors (Lipinski definition) is 0. The fourth-order valence-corrected chi connectivity index (χ4v) is 14.0. The van der Waals surface area contributed by atoms with Crippen LogP contribution >= 0.6 is 0 Å². The van der Waals surface area contributed by atoms with Crippen molar-refractivity contribution in [2.45, 2.75) is 173 Å². The lowest BCUT2D eigenvalue weighted by Crippen LogP contribution is -2.34. The fraction of sp³-hybridized carbons (Fsp3) is 1.00. The van der Waals surface area contributed by atoms with Gasteiger partial charge in [0.1, 0.15) is 0 Å². The third-order valence-electron chi connectivity index (χ3n) is 16.9. The normalized spacial score (nSPS) is 46.6. The molecule has 0 spiro atoms. The SMILES string of the molecule is CC(C)(C)C1CCC2C3CCC(C(C)(C)C)CC3C(CCC3C4CC(C(C)(C)C)CCC4C4CCC(C(C)(C)C)CC43)C2C1.